The van der Waals surface area contributed by atoms with Crippen LogP contribution in [0.3, 0.4) is 0 Å². The zero-order chi connectivity index (χ0) is 19.4. The van der Waals surface area contributed by atoms with E-state index in [-0.39, 0.29) is 27.4 Å². The number of anilines is 1. The van der Waals surface area contributed by atoms with Crippen molar-refractivity contribution in [1.82, 2.24) is 5.32 Å². The molecule has 2 aromatic rings. The summed E-state index contributed by atoms with van der Waals surface area (Å²) in [5, 5.41) is 3.07. The first kappa shape index (κ1) is 19.7. The van der Waals surface area contributed by atoms with Crippen LogP contribution in [-0.2, 0) is 10.0 Å². The molecule has 0 radical (unpaired) electrons. The Kier molecular flexibility index (Phi) is 6.07. The molecule has 144 valence electrons. The first-order valence-corrected chi connectivity index (χ1v) is 10.9. The molecule has 0 bridgehead atoms. The maximum atomic E-state index is 12.8. The molecule has 7 heteroatoms. The van der Waals surface area contributed by atoms with Crippen LogP contribution in [-0.4, -0.2) is 20.4 Å². The van der Waals surface area contributed by atoms with E-state index >= 15 is 0 Å². The van der Waals surface area contributed by atoms with E-state index in [4.69, 9.17) is 11.6 Å². The fourth-order valence-electron chi connectivity index (χ4n) is 3.25. The number of aryl methyl sites for hydroxylation is 1. The lowest BCUT2D eigenvalue weighted by molar-refractivity contribution is 0.0927. The van der Waals surface area contributed by atoms with E-state index in [1.54, 1.807) is 18.2 Å². The summed E-state index contributed by atoms with van der Waals surface area (Å²) in [6, 6.07) is 11.6. The van der Waals surface area contributed by atoms with Crippen LogP contribution in [0, 0.1) is 6.92 Å². The molecule has 2 aromatic carbocycles. The average molecular weight is 407 g/mol. The number of carbonyl (C=O) groups is 1. The van der Waals surface area contributed by atoms with Crippen LogP contribution in [0.15, 0.2) is 47.4 Å². The molecule has 2 N–H and O–H groups in total. The molecule has 1 aliphatic rings. The van der Waals surface area contributed by atoms with E-state index in [0.29, 0.717) is 5.69 Å². The van der Waals surface area contributed by atoms with Crippen molar-refractivity contribution in [1.29, 1.82) is 0 Å². The summed E-state index contributed by atoms with van der Waals surface area (Å²) in [6.07, 6.45) is 5.32. The third-order valence-corrected chi connectivity index (χ3v) is 6.66. The molecule has 1 saturated carbocycles. The third-order valence-electron chi connectivity index (χ3n) is 4.81. The van der Waals surface area contributed by atoms with Gasteiger partial charge in [-0.15, -0.1) is 0 Å². The Morgan fingerprint density at radius 2 is 1.78 bits per heavy atom. The number of nitrogens with one attached hydrogen (secondary N) is 2. The number of hydrogen-bond acceptors (Lipinski definition) is 3. The van der Waals surface area contributed by atoms with E-state index in [2.05, 4.69) is 10.0 Å². The Labute approximate surface area is 165 Å². The van der Waals surface area contributed by atoms with Crippen LogP contribution >= 0.6 is 11.6 Å². The number of amides is 1. The summed E-state index contributed by atoms with van der Waals surface area (Å²) < 4.78 is 28.2. The summed E-state index contributed by atoms with van der Waals surface area (Å²) in [4.78, 5) is 12.4. The summed E-state index contributed by atoms with van der Waals surface area (Å²) in [5.74, 6) is -0.272. The van der Waals surface area contributed by atoms with E-state index < -0.39 is 10.0 Å². The van der Waals surface area contributed by atoms with E-state index in [1.807, 2.05) is 19.1 Å². The second-order valence-electron chi connectivity index (χ2n) is 6.87. The van der Waals surface area contributed by atoms with Crippen molar-refractivity contribution in [3.05, 3.63) is 58.6 Å². The van der Waals surface area contributed by atoms with Crippen LogP contribution in [0.1, 0.15) is 48.0 Å². The minimum Gasteiger partial charge on any atom is -0.349 e. The van der Waals surface area contributed by atoms with E-state index in [1.165, 1.54) is 18.6 Å². The zero-order valence-electron chi connectivity index (χ0n) is 15.2. The van der Waals surface area contributed by atoms with Gasteiger partial charge in [0.15, 0.2) is 0 Å². The molecule has 3 rings (SSSR count). The smallest absolute Gasteiger partial charge is 0.263 e. The fourth-order valence-corrected chi connectivity index (χ4v) is 4.91. The van der Waals surface area contributed by atoms with Crippen LogP contribution in [0.5, 0.6) is 0 Å². The maximum Gasteiger partial charge on any atom is 0.263 e. The fraction of sp³-hybridized carbons (Fsp3) is 0.350. The van der Waals surface area contributed by atoms with Gasteiger partial charge in [-0.25, -0.2) is 8.42 Å². The highest BCUT2D eigenvalue weighted by atomic mass is 35.5. The molecule has 1 amide bonds. The topological polar surface area (TPSA) is 75.3 Å². The Morgan fingerprint density at radius 3 is 2.48 bits per heavy atom. The number of para-hydroxylation sites is 1. The van der Waals surface area contributed by atoms with Crippen molar-refractivity contribution in [3.63, 3.8) is 0 Å². The number of halogens is 1. The molecule has 1 fully saturated rings. The van der Waals surface area contributed by atoms with Gasteiger partial charge in [0.25, 0.3) is 15.9 Å². The molecule has 0 aromatic heterocycles. The van der Waals surface area contributed by atoms with Crippen LogP contribution in [0.25, 0.3) is 0 Å². The van der Waals surface area contributed by atoms with Gasteiger partial charge < -0.3 is 5.32 Å². The number of benzene rings is 2. The van der Waals surface area contributed by atoms with Gasteiger partial charge >= 0.3 is 0 Å². The lowest BCUT2D eigenvalue weighted by Crippen LogP contribution is -2.36. The zero-order valence-corrected chi connectivity index (χ0v) is 16.7. The Morgan fingerprint density at radius 1 is 1.07 bits per heavy atom. The average Bonchev–Trinajstić information content (AvgIpc) is 2.64. The summed E-state index contributed by atoms with van der Waals surface area (Å²) in [6.45, 7) is 1.81. The van der Waals surface area contributed by atoms with Crippen LogP contribution < -0.4 is 10.0 Å². The first-order valence-electron chi connectivity index (χ1n) is 9.06. The van der Waals surface area contributed by atoms with Gasteiger partial charge in [-0.2, -0.15) is 0 Å². The Bertz CT molecular complexity index is 938. The maximum absolute atomic E-state index is 12.8. The molecule has 1 aliphatic carbocycles. The summed E-state index contributed by atoms with van der Waals surface area (Å²) >= 11 is 6.13. The van der Waals surface area contributed by atoms with Crippen molar-refractivity contribution < 1.29 is 13.2 Å². The van der Waals surface area contributed by atoms with Gasteiger partial charge in [0.2, 0.25) is 0 Å². The predicted molar refractivity (Wildman–Crippen MR) is 108 cm³/mol. The first-order chi connectivity index (χ1) is 12.9. The molecule has 0 unspecified atom stereocenters. The lowest BCUT2D eigenvalue weighted by atomic mass is 9.95. The van der Waals surface area contributed by atoms with Gasteiger partial charge in [0, 0.05) is 11.6 Å². The molecule has 0 aliphatic heterocycles. The quantitative estimate of drug-likeness (QED) is 0.766. The highest BCUT2D eigenvalue weighted by molar-refractivity contribution is 7.92. The van der Waals surface area contributed by atoms with Gasteiger partial charge in [0.05, 0.1) is 10.7 Å². The Balaban J connectivity index is 1.83. The van der Waals surface area contributed by atoms with Gasteiger partial charge in [0.1, 0.15) is 4.90 Å². The molecule has 0 saturated heterocycles. The summed E-state index contributed by atoms with van der Waals surface area (Å²) in [7, 11) is -3.92. The molecular weight excluding hydrogens is 384 g/mol. The van der Waals surface area contributed by atoms with Crippen molar-refractivity contribution in [2.45, 2.75) is 50.0 Å². The van der Waals surface area contributed by atoms with Crippen molar-refractivity contribution >= 4 is 33.2 Å². The molecule has 5 nitrogen and oxygen atoms in total. The highest BCUT2D eigenvalue weighted by Crippen LogP contribution is 2.26. The number of hydrogen-bond donors (Lipinski definition) is 2. The monoisotopic (exact) mass is 406 g/mol. The lowest BCUT2D eigenvalue weighted by Gasteiger charge is -2.23. The number of carbonyl (C=O) groups excluding carboxylic acids is 1. The second-order valence-corrected chi connectivity index (χ2v) is 8.93. The SMILES string of the molecule is Cc1ccccc1NS(=O)(=O)c1cc(C(=O)NC2CCCCC2)ccc1Cl. The van der Waals surface area contributed by atoms with Gasteiger partial charge in [-0.1, -0.05) is 49.1 Å². The predicted octanol–water partition coefficient (Wildman–Crippen LogP) is 4.51. The van der Waals surface area contributed by atoms with Crippen LogP contribution in [0.4, 0.5) is 5.69 Å². The molecule has 0 atom stereocenters. The van der Waals surface area contributed by atoms with Gasteiger partial charge in [-0.3, -0.25) is 9.52 Å². The number of sulfonamides is 1. The van der Waals surface area contributed by atoms with Crippen molar-refractivity contribution in [2.24, 2.45) is 0 Å². The van der Waals surface area contributed by atoms with Crippen molar-refractivity contribution in [3.8, 4) is 0 Å². The Hall–Kier alpha value is -2.05. The minimum absolute atomic E-state index is 0.0744. The standard InChI is InChI=1S/C20H23ClN2O3S/c1-14-7-5-6-10-18(14)23-27(25,26)19-13-15(11-12-17(19)21)20(24)22-16-8-3-2-4-9-16/h5-7,10-13,16,23H,2-4,8-9H2,1H3,(H,22,24). The molecular formula is C20H23ClN2O3S. The normalized spacial score (nSPS) is 15.3. The minimum atomic E-state index is -3.92. The van der Waals surface area contributed by atoms with Crippen molar-refractivity contribution in [2.75, 3.05) is 4.72 Å². The highest BCUT2D eigenvalue weighted by Gasteiger charge is 2.22. The summed E-state index contributed by atoms with van der Waals surface area (Å²) in [5.41, 5.74) is 1.56. The van der Waals surface area contributed by atoms with Crippen LogP contribution in [0.2, 0.25) is 5.02 Å². The molecule has 27 heavy (non-hydrogen) atoms. The molecule has 0 spiro atoms. The molecule has 0 heterocycles. The van der Waals surface area contributed by atoms with Gasteiger partial charge in [-0.05, 0) is 49.6 Å². The number of rotatable bonds is 5. The second kappa shape index (κ2) is 8.31. The largest absolute Gasteiger partial charge is 0.349 e. The third kappa shape index (κ3) is 4.82. The van der Waals surface area contributed by atoms with E-state index in [9.17, 15) is 13.2 Å². The van der Waals surface area contributed by atoms with E-state index in [0.717, 1.165) is 31.2 Å².